The van der Waals surface area contributed by atoms with Gasteiger partial charge in [-0.15, -0.1) is 0 Å². The largest absolute Gasteiger partial charge is 0.462 e. The molecule has 11 rings (SSSR count). The van der Waals surface area contributed by atoms with Crippen LogP contribution in [0.25, 0.3) is 33.1 Å². The molecule has 13 heteroatoms. The molecular weight excluding hydrogens is 611 g/mol. The highest BCUT2D eigenvalue weighted by atomic mass is 35.5. The van der Waals surface area contributed by atoms with E-state index in [1.165, 1.54) is 0 Å². The van der Waals surface area contributed by atoms with E-state index >= 15 is 4.39 Å². The van der Waals surface area contributed by atoms with Gasteiger partial charge >= 0.3 is 6.01 Å². The number of aryl methyl sites for hydroxylation is 1. The molecule has 46 heavy (non-hydrogen) atoms. The smallest absolute Gasteiger partial charge is 0.319 e. The molecule has 11 nitrogen and oxygen atoms in total. The second kappa shape index (κ2) is 10.3. The van der Waals surface area contributed by atoms with E-state index < -0.39 is 11.4 Å². The van der Waals surface area contributed by atoms with Gasteiger partial charge in [0.15, 0.2) is 5.82 Å². The van der Waals surface area contributed by atoms with Crippen LogP contribution < -0.4 is 9.64 Å². The summed E-state index contributed by atoms with van der Waals surface area (Å²) in [5, 5.41) is 20.5. The van der Waals surface area contributed by atoms with Gasteiger partial charge in [0.1, 0.15) is 35.0 Å². The van der Waals surface area contributed by atoms with Crippen molar-refractivity contribution in [1.29, 1.82) is 0 Å². The van der Waals surface area contributed by atoms with E-state index in [0.29, 0.717) is 88.7 Å². The molecule has 1 saturated carbocycles. The topological polar surface area (TPSA) is 129 Å². The Morgan fingerprint density at radius 2 is 2.02 bits per heavy atom. The maximum absolute atomic E-state index is 17.1. The number of likely N-dealkylation sites (tertiary alicyclic amines) is 1. The third-order valence-electron chi connectivity index (χ3n) is 10.6. The van der Waals surface area contributed by atoms with E-state index in [1.807, 2.05) is 0 Å². The quantitative estimate of drug-likeness (QED) is 0.271. The second-order valence-corrected chi connectivity index (χ2v) is 14.1. The summed E-state index contributed by atoms with van der Waals surface area (Å²) < 4.78 is 29.4. The number of nitrogens with one attached hydrogen (secondary N) is 1. The fourth-order valence-electron chi connectivity index (χ4n) is 8.38. The minimum absolute atomic E-state index is 0.136. The predicted molar refractivity (Wildman–Crippen MR) is 169 cm³/mol. The molecule has 1 atom stereocenters. The van der Waals surface area contributed by atoms with Crippen LogP contribution in [-0.2, 0) is 18.4 Å². The molecule has 1 aromatic carbocycles. The first-order valence-electron chi connectivity index (χ1n) is 16.1. The van der Waals surface area contributed by atoms with Crippen molar-refractivity contribution in [2.75, 3.05) is 38.2 Å². The molecule has 9 heterocycles. The number of benzene rings is 1. The minimum Gasteiger partial charge on any atom is -0.462 e. The molecule has 2 saturated heterocycles. The van der Waals surface area contributed by atoms with Crippen LogP contribution in [0.3, 0.4) is 0 Å². The van der Waals surface area contributed by atoms with Crippen LogP contribution in [0.1, 0.15) is 55.7 Å². The molecule has 0 unspecified atom stereocenters. The van der Waals surface area contributed by atoms with Gasteiger partial charge in [-0.1, -0.05) is 11.6 Å². The lowest BCUT2D eigenvalue weighted by atomic mass is 9.56. The Morgan fingerprint density at radius 3 is 2.87 bits per heavy atom. The molecule has 1 spiro atoms. The number of hydrogen-bond donors (Lipinski definition) is 2. The summed E-state index contributed by atoms with van der Waals surface area (Å²) in [6.07, 6.45) is 11.0. The molecule has 9 bridgehead atoms. The summed E-state index contributed by atoms with van der Waals surface area (Å²) in [7, 11) is 2.09. The zero-order valence-electron chi connectivity index (χ0n) is 25.5. The van der Waals surface area contributed by atoms with Gasteiger partial charge in [0.25, 0.3) is 0 Å². The van der Waals surface area contributed by atoms with Gasteiger partial charge < -0.3 is 24.1 Å². The van der Waals surface area contributed by atoms with Gasteiger partial charge in [0.05, 0.1) is 23.3 Å². The number of aromatic nitrogens is 6. The fourth-order valence-corrected chi connectivity index (χ4v) is 8.68. The van der Waals surface area contributed by atoms with E-state index in [0.717, 1.165) is 38.8 Å². The third-order valence-corrected chi connectivity index (χ3v) is 11.0. The molecule has 5 aromatic rings. The first-order chi connectivity index (χ1) is 22.3. The zero-order valence-corrected chi connectivity index (χ0v) is 26.3. The van der Waals surface area contributed by atoms with Crippen molar-refractivity contribution in [1.82, 2.24) is 35.0 Å². The Balaban J connectivity index is 1.25. The Labute approximate surface area is 269 Å². The highest BCUT2D eigenvalue weighted by Gasteiger charge is 2.58. The molecule has 1 aliphatic carbocycles. The number of aliphatic hydroxyl groups is 1. The third kappa shape index (κ3) is 4.40. The van der Waals surface area contributed by atoms with Crippen molar-refractivity contribution in [2.24, 2.45) is 5.41 Å². The molecule has 3 fully saturated rings. The van der Waals surface area contributed by atoms with Gasteiger partial charge in [-0.25, -0.2) is 9.37 Å². The first-order valence-corrected chi connectivity index (χ1v) is 16.4. The van der Waals surface area contributed by atoms with Crippen LogP contribution in [-0.4, -0.2) is 79.5 Å². The number of likely N-dealkylation sites (N-methyl/N-ethyl adjacent to an activating group) is 1. The number of piperidine rings is 1. The van der Waals surface area contributed by atoms with Crippen LogP contribution in [0, 0.1) is 11.2 Å². The number of rotatable bonds is 3. The van der Waals surface area contributed by atoms with Crippen molar-refractivity contribution >= 4 is 39.2 Å². The maximum atomic E-state index is 17.1. The van der Waals surface area contributed by atoms with Gasteiger partial charge in [0, 0.05) is 47.7 Å². The lowest BCUT2D eigenvalue weighted by Gasteiger charge is -2.56. The summed E-state index contributed by atoms with van der Waals surface area (Å²) in [6.45, 7) is 2.82. The highest BCUT2D eigenvalue weighted by Crippen LogP contribution is 2.58. The number of halogens is 2. The number of nitrogens with zero attached hydrogens (tertiary/aromatic N) is 7. The average molecular weight is 645 g/mol. The lowest BCUT2D eigenvalue weighted by molar-refractivity contribution is -0.154. The molecule has 4 aromatic heterocycles. The van der Waals surface area contributed by atoms with E-state index in [4.69, 9.17) is 30.7 Å². The summed E-state index contributed by atoms with van der Waals surface area (Å²) in [5.41, 5.74) is 0.935. The lowest BCUT2D eigenvalue weighted by Crippen LogP contribution is -2.57. The molecule has 238 valence electrons. The SMILES string of the molecule is CN1CCC[C@H]1COc1nc2c3cnc(c(F)c3n1)-c1c(c(Cl)cc3[nH]ncc13)CCc1cnc(o1)C1(O)CC3(CCCN2C3)C1. The molecular formula is C33H34ClFN8O3. The monoisotopic (exact) mass is 644 g/mol. The number of hydrogen-bond acceptors (Lipinski definition) is 10. The summed E-state index contributed by atoms with van der Waals surface area (Å²) >= 11 is 6.87. The van der Waals surface area contributed by atoms with Crippen LogP contribution in [0.2, 0.25) is 5.02 Å². The Hall–Kier alpha value is -3.87. The zero-order chi connectivity index (χ0) is 31.2. The van der Waals surface area contributed by atoms with Gasteiger partial charge in [-0.2, -0.15) is 15.1 Å². The fraction of sp³-hybridized carbons (Fsp3) is 0.485. The first kappa shape index (κ1) is 28.4. The highest BCUT2D eigenvalue weighted by molar-refractivity contribution is 6.33. The maximum Gasteiger partial charge on any atom is 0.319 e. The van der Waals surface area contributed by atoms with Crippen LogP contribution in [0.15, 0.2) is 29.1 Å². The van der Waals surface area contributed by atoms with Crippen molar-refractivity contribution < 1.29 is 18.7 Å². The van der Waals surface area contributed by atoms with Gasteiger partial charge in [-0.3, -0.25) is 10.1 Å². The summed E-state index contributed by atoms with van der Waals surface area (Å²) in [5.74, 6) is 1.01. The molecule has 0 amide bonds. The molecule has 0 radical (unpaired) electrons. The Morgan fingerprint density at radius 1 is 1.13 bits per heavy atom. The normalized spacial score (nSPS) is 26.1. The Bertz CT molecular complexity index is 2010. The number of fused-ring (bicyclic) bond motifs is 1. The van der Waals surface area contributed by atoms with Gasteiger partial charge in [-0.05, 0) is 75.6 Å². The molecule has 2 N–H and O–H groups in total. The number of oxazole rings is 1. The van der Waals surface area contributed by atoms with Crippen LogP contribution in [0.5, 0.6) is 6.01 Å². The van der Waals surface area contributed by atoms with Crippen molar-refractivity contribution in [3.8, 4) is 17.3 Å². The molecule has 6 aliphatic rings. The van der Waals surface area contributed by atoms with Crippen LogP contribution >= 0.6 is 11.6 Å². The molecule has 5 aliphatic heterocycles. The second-order valence-electron chi connectivity index (χ2n) is 13.7. The number of H-pyrrole nitrogens is 1. The predicted octanol–water partition coefficient (Wildman–Crippen LogP) is 5.19. The number of ether oxygens (including phenoxy) is 1. The average Bonchev–Trinajstić information content (AvgIpc) is 3.80. The summed E-state index contributed by atoms with van der Waals surface area (Å²) in [6, 6.07) is 2.19. The van der Waals surface area contributed by atoms with Crippen molar-refractivity contribution in [2.45, 2.75) is 63.0 Å². The number of pyridine rings is 1. The van der Waals surface area contributed by atoms with Gasteiger partial charge in [0.2, 0.25) is 5.89 Å². The number of anilines is 1. The van der Waals surface area contributed by atoms with Crippen molar-refractivity contribution in [3.05, 3.63) is 52.7 Å². The van der Waals surface area contributed by atoms with E-state index in [-0.39, 0.29) is 28.7 Å². The van der Waals surface area contributed by atoms with E-state index in [1.54, 1.807) is 24.7 Å². The van der Waals surface area contributed by atoms with E-state index in [9.17, 15) is 5.11 Å². The van der Waals surface area contributed by atoms with Crippen molar-refractivity contribution in [3.63, 3.8) is 0 Å². The minimum atomic E-state index is -1.13. The Kier molecular flexibility index (Phi) is 6.36. The van der Waals surface area contributed by atoms with E-state index in [2.05, 4.69) is 37.0 Å². The standard InChI is InChI=1S/C33H34ClFN8O3/c1-42-8-2-4-18(42)14-45-31-39-27-22-12-36-28(26(27)35)25-20(23(34)10-24-21(25)13-38-41-24)6-5-19-11-37-30(46-19)33(44)15-32(16-33)7-3-9-43(17-32)29(22)40-31/h10-13,18,44H,2-9,14-17H2,1H3,(H,38,41)/t18-,32?,33?/m0/s1. The number of aromatic amines is 1. The summed E-state index contributed by atoms with van der Waals surface area (Å²) in [4.78, 5) is 23.3. The van der Waals surface area contributed by atoms with Crippen LogP contribution in [0.4, 0.5) is 10.2 Å².